The normalized spacial score (nSPS) is 11.8. The van der Waals surface area contributed by atoms with Gasteiger partial charge in [0.05, 0.1) is 9.26 Å². The highest BCUT2D eigenvalue weighted by molar-refractivity contribution is 14.1. The largest absolute Gasteiger partial charge is 0.411 e. The Kier molecular flexibility index (Phi) is 4.30. The third-order valence-corrected chi connectivity index (χ3v) is 2.85. The highest BCUT2D eigenvalue weighted by Gasteiger charge is 2.27. The molecular formula is C8H8F3IN2O2. The molecule has 1 aromatic rings. The van der Waals surface area contributed by atoms with Gasteiger partial charge in [0.1, 0.15) is 19.0 Å². The van der Waals surface area contributed by atoms with Crippen LogP contribution in [0.25, 0.3) is 0 Å². The molecule has 0 saturated heterocycles. The zero-order valence-corrected chi connectivity index (χ0v) is 10.3. The number of aromatic nitrogens is 2. The highest BCUT2D eigenvalue weighted by Crippen LogP contribution is 2.15. The van der Waals surface area contributed by atoms with Crippen LogP contribution in [0.4, 0.5) is 13.2 Å². The summed E-state index contributed by atoms with van der Waals surface area (Å²) in [6.45, 7) is -0.126. The van der Waals surface area contributed by atoms with E-state index in [2.05, 4.69) is 14.7 Å². The number of ether oxygens (including phenoxy) is 1. The lowest BCUT2D eigenvalue weighted by Crippen LogP contribution is -2.20. The Bertz CT molecular complexity index is 430. The second-order valence-corrected chi connectivity index (χ2v) is 4.10. The molecule has 0 amide bonds. The number of rotatable bonds is 3. The molecule has 0 bridgehead atoms. The average molecular weight is 348 g/mol. The summed E-state index contributed by atoms with van der Waals surface area (Å²) in [5.74, 6) is 0.0900. The van der Waals surface area contributed by atoms with Crippen LogP contribution in [0.3, 0.4) is 0 Å². The Hall–Kier alpha value is -0.640. The van der Waals surface area contributed by atoms with Gasteiger partial charge in [0.15, 0.2) is 0 Å². The van der Waals surface area contributed by atoms with Gasteiger partial charge in [-0.2, -0.15) is 13.2 Å². The van der Waals surface area contributed by atoms with Crippen molar-refractivity contribution in [2.24, 2.45) is 0 Å². The highest BCUT2D eigenvalue weighted by atomic mass is 127. The Morgan fingerprint density at radius 3 is 2.62 bits per heavy atom. The van der Waals surface area contributed by atoms with Crippen LogP contribution >= 0.6 is 22.6 Å². The standard InChI is InChI=1S/C8H8F3IN2O2/c1-4-6(12)7(15)14-5(13-4)2-16-3-8(9,10)11/h2-3H2,1H3,(H,13,14,15). The maximum absolute atomic E-state index is 11.8. The SMILES string of the molecule is Cc1nc(COCC(F)(F)F)[nH]c(=O)c1I. The van der Waals surface area contributed by atoms with Crippen molar-refractivity contribution in [1.82, 2.24) is 9.97 Å². The van der Waals surface area contributed by atoms with E-state index in [1.54, 1.807) is 6.92 Å². The van der Waals surface area contributed by atoms with Gasteiger partial charge in [-0.25, -0.2) is 4.98 Å². The first-order valence-electron chi connectivity index (χ1n) is 4.19. The van der Waals surface area contributed by atoms with Gasteiger partial charge in [-0.05, 0) is 29.5 Å². The minimum atomic E-state index is -4.38. The number of H-pyrrole nitrogens is 1. The van der Waals surface area contributed by atoms with Crippen LogP contribution in [-0.4, -0.2) is 22.8 Å². The molecule has 1 aromatic heterocycles. The minimum Gasteiger partial charge on any atom is -0.364 e. The second kappa shape index (κ2) is 5.13. The topological polar surface area (TPSA) is 55.0 Å². The van der Waals surface area contributed by atoms with Crippen molar-refractivity contribution < 1.29 is 17.9 Å². The van der Waals surface area contributed by atoms with E-state index in [1.807, 2.05) is 22.6 Å². The summed E-state index contributed by atoms with van der Waals surface area (Å²) >= 11 is 1.81. The van der Waals surface area contributed by atoms with E-state index >= 15 is 0 Å². The number of nitrogens with zero attached hydrogens (tertiary/aromatic N) is 1. The fourth-order valence-electron chi connectivity index (χ4n) is 0.961. The Morgan fingerprint density at radius 2 is 2.12 bits per heavy atom. The monoisotopic (exact) mass is 348 g/mol. The lowest BCUT2D eigenvalue weighted by molar-refractivity contribution is -0.177. The van der Waals surface area contributed by atoms with E-state index in [1.165, 1.54) is 0 Å². The first-order chi connectivity index (χ1) is 7.29. The number of aromatic amines is 1. The number of hydrogen-bond acceptors (Lipinski definition) is 3. The van der Waals surface area contributed by atoms with Gasteiger partial charge in [0.25, 0.3) is 5.56 Å². The van der Waals surface area contributed by atoms with Crippen molar-refractivity contribution in [1.29, 1.82) is 0 Å². The van der Waals surface area contributed by atoms with Crippen LogP contribution < -0.4 is 5.56 Å². The van der Waals surface area contributed by atoms with E-state index in [0.29, 0.717) is 9.26 Å². The minimum absolute atomic E-state index is 0.0900. The smallest absolute Gasteiger partial charge is 0.364 e. The van der Waals surface area contributed by atoms with Crippen molar-refractivity contribution >= 4 is 22.6 Å². The van der Waals surface area contributed by atoms with Gasteiger partial charge >= 0.3 is 6.18 Å². The molecule has 0 unspecified atom stereocenters. The molecular weight excluding hydrogens is 340 g/mol. The Morgan fingerprint density at radius 1 is 1.50 bits per heavy atom. The molecule has 0 saturated carbocycles. The third kappa shape index (κ3) is 4.08. The molecule has 0 atom stereocenters. The maximum atomic E-state index is 11.8. The fourth-order valence-corrected chi connectivity index (χ4v) is 1.22. The molecule has 90 valence electrons. The summed E-state index contributed by atoms with van der Waals surface area (Å²) in [7, 11) is 0. The van der Waals surface area contributed by atoms with Crippen LogP contribution in [0.5, 0.6) is 0 Å². The van der Waals surface area contributed by atoms with E-state index in [4.69, 9.17) is 0 Å². The van der Waals surface area contributed by atoms with Crippen molar-refractivity contribution in [2.75, 3.05) is 6.61 Å². The van der Waals surface area contributed by atoms with Crippen LogP contribution in [0.2, 0.25) is 0 Å². The van der Waals surface area contributed by atoms with Crippen molar-refractivity contribution in [3.63, 3.8) is 0 Å². The molecule has 0 radical (unpaired) electrons. The Balaban J connectivity index is 2.66. The number of halogens is 4. The summed E-state index contributed by atoms with van der Waals surface area (Å²) in [6.07, 6.45) is -4.38. The van der Waals surface area contributed by atoms with Crippen LogP contribution in [0.15, 0.2) is 4.79 Å². The maximum Gasteiger partial charge on any atom is 0.411 e. The molecule has 0 aromatic carbocycles. The lowest BCUT2D eigenvalue weighted by Gasteiger charge is -2.07. The van der Waals surface area contributed by atoms with Crippen molar-refractivity contribution in [3.8, 4) is 0 Å². The molecule has 0 spiro atoms. The first kappa shape index (κ1) is 13.4. The fraction of sp³-hybridized carbons (Fsp3) is 0.500. The number of hydrogen-bond donors (Lipinski definition) is 1. The van der Waals surface area contributed by atoms with Gasteiger partial charge in [-0.15, -0.1) is 0 Å². The quantitative estimate of drug-likeness (QED) is 0.848. The van der Waals surface area contributed by atoms with Crippen LogP contribution in [0, 0.1) is 10.5 Å². The molecule has 0 aliphatic heterocycles. The molecule has 1 N–H and O–H groups in total. The van der Waals surface area contributed by atoms with Gasteiger partial charge in [0.2, 0.25) is 0 Å². The van der Waals surface area contributed by atoms with E-state index in [9.17, 15) is 18.0 Å². The number of nitrogens with one attached hydrogen (secondary N) is 1. The van der Waals surface area contributed by atoms with Crippen LogP contribution in [-0.2, 0) is 11.3 Å². The predicted molar refractivity (Wildman–Crippen MR) is 58.0 cm³/mol. The predicted octanol–water partition coefficient (Wildman–Crippen LogP) is 1.76. The Labute approximate surface area is 102 Å². The van der Waals surface area contributed by atoms with Crippen LogP contribution in [0.1, 0.15) is 11.5 Å². The average Bonchev–Trinajstić information content (AvgIpc) is 2.12. The van der Waals surface area contributed by atoms with Gasteiger partial charge < -0.3 is 9.72 Å². The summed E-state index contributed by atoms with van der Waals surface area (Å²) in [5.41, 5.74) is 0.0914. The van der Waals surface area contributed by atoms with E-state index in [-0.39, 0.29) is 18.0 Å². The third-order valence-electron chi connectivity index (χ3n) is 1.58. The summed E-state index contributed by atoms with van der Waals surface area (Å²) in [4.78, 5) is 17.5. The van der Waals surface area contributed by atoms with Crippen molar-refractivity contribution in [3.05, 3.63) is 25.4 Å². The first-order valence-corrected chi connectivity index (χ1v) is 5.27. The zero-order valence-electron chi connectivity index (χ0n) is 8.19. The van der Waals surface area contributed by atoms with Gasteiger partial charge in [-0.3, -0.25) is 4.79 Å². The molecule has 1 rings (SSSR count). The summed E-state index contributed by atoms with van der Waals surface area (Å²) in [5, 5.41) is 0. The summed E-state index contributed by atoms with van der Waals surface area (Å²) in [6, 6.07) is 0. The van der Waals surface area contributed by atoms with Gasteiger partial charge in [-0.1, -0.05) is 0 Å². The van der Waals surface area contributed by atoms with E-state index < -0.39 is 12.8 Å². The summed E-state index contributed by atoms with van der Waals surface area (Å²) < 4.78 is 40.1. The molecule has 8 heteroatoms. The van der Waals surface area contributed by atoms with Crippen molar-refractivity contribution in [2.45, 2.75) is 19.7 Å². The molecule has 1 heterocycles. The van der Waals surface area contributed by atoms with E-state index in [0.717, 1.165) is 0 Å². The molecule has 4 nitrogen and oxygen atoms in total. The number of alkyl halides is 3. The molecule has 16 heavy (non-hydrogen) atoms. The molecule has 0 aliphatic rings. The second-order valence-electron chi connectivity index (χ2n) is 3.02. The molecule has 0 fully saturated rings. The van der Waals surface area contributed by atoms with Gasteiger partial charge in [0, 0.05) is 0 Å². The zero-order chi connectivity index (χ0) is 12.3. The lowest BCUT2D eigenvalue weighted by atomic mass is 10.4. The molecule has 0 aliphatic carbocycles. The number of aryl methyl sites for hydroxylation is 1.